The van der Waals surface area contributed by atoms with Crippen LogP contribution in [0.25, 0.3) is 0 Å². The van der Waals surface area contributed by atoms with Crippen molar-refractivity contribution in [2.75, 3.05) is 7.05 Å². The van der Waals surface area contributed by atoms with Gasteiger partial charge in [-0.3, -0.25) is 19.5 Å². The van der Waals surface area contributed by atoms with E-state index < -0.39 is 12.0 Å². The summed E-state index contributed by atoms with van der Waals surface area (Å²) in [4.78, 5) is 28.8. The fourth-order valence-corrected chi connectivity index (χ4v) is 2.37. The first kappa shape index (κ1) is 8.79. The van der Waals surface area contributed by atoms with Crippen molar-refractivity contribution in [3.63, 3.8) is 0 Å². The molecule has 15 heavy (non-hydrogen) atoms. The van der Waals surface area contributed by atoms with Crippen molar-refractivity contribution < 1.29 is 14.3 Å². The zero-order valence-corrected chi connectivity index (χ0v) is 8.16. The Bertz CT molecular complexity index is 401. The van der Waals surface area contributed by atoms with Crippen LogP contribution in [0.5, 0.6) is 0 Å². The molecule has 78 valence electrons. The number of hydrogen-bond acceptors (Lipinski definition) is 4. The standard InChI is InChI=1S/C10H10N2O3/c1-12-9(13)6-7-5(3-2-4-11-7)15-8(6)10(12)14/h2-8H,1H3. The van der Waals surface area contributed by atoms with Crippen LogP contribution < -0.4 is 0 Å². The highest BCUT2D eigenvalue weighted by Gasteiger charge is 2.58. The van der Waals surface area contributed by atoms with Gasteiger partial charge < -0.3 is 4.74 Å². The second kappa shape index (κ2) is 2.76. The van der Waals surface area contributed by atoms with E-state index in [1.807, 2.05) is 6.08 Å². The molecule has 4 unspecified atom stereocenters. The van der Waals surface area contributed by atoms with Crippen LogP contribution in [0, 0.1) is 5.92 Å². The van der Waals surface area contributed by atoms with Crippen LogP contribution >= 0.6 is 0 Å². The van der Waals surface area contributed by atoms with Gasteiger partial charge in [0, 0.05) is 13.3 Å². The van der Waals surface area contributed by atoms with Gasteiger partial charge in [0.05, 0.1) is 12.0 Å². The molecule has 2 fully saturated rings. The summed E-state index contributed by atoms with van der Waals surface area (Å²) in [6.45, 7) is 0. The number of carbonyl (C=O) groups excluding carboxylic acids is 2. The Hall–Kier alpha value is -1.49. The molecule has 0 saturated carbocycles. The van der Waals surface area contributed by atoms with Crippen molar-refractivity contribution in [1.82, 2.24) is 4.90 Å². The molecule has 0 aromatic heterocycles. The number of fused-ring (bicyclic) bond motifs is 3. The molecule has 4 atom stereocenters. The van der Waals surface area contributed by atoms with Crippen molar-refractivity contribution in [2.45, 2.75) is 18.2 Å². The maximum Gasteiger partial charge on any atom is 0.258 e. The molecule has 2 amide bonds. The van der Waals surface area contributed by atoms with Gasteiger partial charge in [-0.1, -0.05) is 6.08 Å². The predicted molar refractivity (Wildman–Crippen MR) is 51.3 cm³/mol. The lowest BCUT2D eigenvalue weighted by atomic mass is 9.94. The molecule has 0 spiro atoms. The third-order valence-electron chi connectivity index (χ3n) is 3.17. The minimum Gasteiger partial charge on any atom is -0.358 e. The van der Waals surface area contributed by atoms with E-state index in [1.165, 1.54) is 7.05 Å². The molecule has 3 aliphatic rings. The maximum atomic E-state index is 11.8. The molecule has 0 bridgehead atoms. The summed E-state index contributed by atoms with van der Waals surface area (Å²) in [5.41, 5.74) is 0. The van der Waals surface area contributed by atoms with Crippen LogP contribution in [0.2, 0.25) is 0 Å². The summed E-state index contributed by atoms with van der Waals surface area (Å²) >= 11 is 0. The second-order valence-electron chi connectivity index (χ2n) is 3.96. The predicted octanol–water partition coefficient (Wildman–Crippen LogP) is -0.622. The van der Waals surface area contributed by atoms with Crippen LogP contribution in [-0.4, -0.2) is 48.2 Å². The Kier molecular flexibility index (Phi) is 1.62. The summed E-state index contributed by atoms with van der Waals surface area (Å²) in [5, 5.41) is 0. The first-order valence-electron chi connectivity index (χ1n) is 4.87. The first-order chi connectivity index (χ1) is 7.20. The number of dihydropyridines is 1. The number of aliphatic imine (C=N–C) groups is 1. The zero-order valence-electron chi connectivity index (χ0n) is 8.16. The molecular weight excluding hydrogens is 196 g/mol. The molecule has 0 aliphatic carbocycles. The quantitative estimate of drug-likeness (QED) is 0.496. The number of ether oxygens (including phenoxy) is 1. The van der Waals surface area contributed by atoms with Crippen LogP contribution in [0.15, 0.2) is 17.1 Å². The topological polar surface area (TPSA) is 59.0 Å². The van der Waals surface area contributed by atoms with E-state index >= 15 is 0 Å². The normalized spacial score (nSPS) is 42.3. The minimum absolute atomic E-state index is 0.176. The number of amides is 2. The Morgan fingerprint density at radius 3 is 3.00 bits per heavy atom. The third-order valence-corrected chi connectivity index (χ3v) is 3.17. The van der Waals surface area contributed by atoms with Crippen molar-refractivity contribution >= 4 is 18.0 Å². The smallest absolute Gasteiger partial charge is 0.258 e. The average molecular weight is 206 g/mol. The molecule has 2 saturated heterocycles. The van der Waals surface area contributed by atoms with Crippen molar-refractivity contribution in [3.05, 3.63) is 12.2 Å². The number of nitrogens with zero attached hydrogens (tertiary/aromatic N) is 2. The lowest BCUT2D eigenvalue weighted by Crippen LogP contribution is -2.34. The van der Waals surface area contributed by atoms with Crippen molar-refractivity contribution in [2.24, 2.45) is 10.9 Å². The molecule has 0 N–H and O–H groups in total. The lowest BCUT2D eigenvalue weighted by molar-refractivity contribution is -0.141. The van der Waals surface area contributed by atoms with Crippen LogP contribution in [0.3, 0.4) is 0 Å². The molecule has 3 heterocycles. The fourth-order valence-electron chi connectivity index (χ4n) is 2.37. The molecule has 0 radical (unpaired) electrons. The van der Waals surface area contributed by atoms with Crippen molar-refractivity contribution in [3.8, 4) is 0 Å². The number of likely N-dealkylation sites (N-methyl/N-ethyl adjacent to an activating group) is 1. The fraction of sp³-hybridized carbons (Fsp3) is 0.500. The van der Waals surface area contributed by atoms with Gasteiger partial charge in [0.2, 0.25) is 5.91 Å². The first-order valence-corrected chi connectivity index (χ1v) is 4.87. The van der Waals surface area contributed by atoms with Crippen LogP contribution in [-0.2, 0) is 14.3 Å². The Labute approximate surface area is 86.4 Å². The Balaban J connectivity index is 2.00. The Morgan fingerprint density at radius 2 is 2.20 bits per heavy atom. The highest BCUT2D eigenvalue weighted by molar-refractivity contribution is 6.07. The summed E-state index contributed by atoms with van der Waals surface area (Å²) in [6.07, 6.45) is 4.43. The van der Waals surface area contributed by atoms with E-state index in [9.17, 15) is 9.59 Å². The number of hydrogen-bond donors (Lipinski definition) is 0. The minimum atomic E-state index is -0.627. The van der Waals surface area contributed by atoms with Crippen LogP contribution in [0.4, 0.5) is 0 Å². The lowest BCUT2D eigenvalue weighted by Gasteiger charge is -2.18. The van der Waals surface area contributed by atoms with Gasteiger partial charge in [0.25, 0.3) is 5.91 Å². The van der Waals surface area contributed by atoms with Gasteiger partial charge >= 0.3 is 0 Å². The number of imide groups is 1. The second-order valence-corrected chi connectivity index (χ2v) is 3.96. The molecule has 0 aromatic rings. The monoisotopic (exact) mass is 206 g/mol. The summed E-state index contributed by atoms with van der Waals surface area (Å²) in [5.74, 6) is -0.846. The molecule has 5 heteroatoms. The van der Waals surface area contributed by atoms with E-state index in [2.05, 4.69) is 4.99 Å². The van der Waals surface area contributed by atoms with E-state index in [-0.39, 0.29) is 24.0 Å². The highest BCUT2D eigenvalue weighted by atomic mass is 16.5. The van der Waals surface area contributed by atoms with E-state index in [0.717, 1.165) is 4.90 Å². The largest absolute Gasteiger partial charge is 0.358 e. The third kappa shape index (κ3) is 0.982. The molecule has 5 nitrogen and oxygen atoms in total. The van der Waals surface area contributed by atoms with Gasteiger partial charge in [0.15, 0.2) is 6.10 Å². The van der Waals surface area contributed by atoms with E-state index in [0.29, 0.717) is 0 Å². The number of carbonyl (C=O) groups is 2. The summed E-state index contributed by atoms with van der Waals surface area (Å²) < 4.78 is 5.53. The van der Waals surface area contributed by atoms with E-state index in [4.69, 9.17) is 4.74 Å². The molecule has 0 aromatic carbocycles. The summed E-state index contributed by atoms with van der Waals surface area (Å²) in [6, 6.07) is -0.221. The number of allylic oxidation sites excluding steroid dienone is 1. The van der Waals surface area contributed by atoms with Gasteiger partial charge in [0.1, 0.15) is 6.10 Å². The van der Waals surface area contributed by atoms with Gasteiger partial charge in [-0.05, 0) is 6.08 Å². The zero-order chi connectivity index (χ0) is 10.6. The van der Waals surface area contributed by atoms with Crippen molar-refractivity contribution in [1.29, 1.82) is 0 Å². The molecule has 3 rings (SSSR count). The van der Waals surface area contributed by atoms with Gasteiger partial charge in [-0.2, -0.15) is 0 Å². The van der Waals surface area contributed by atoms with E-state index in [1.54, 1.807) is 12.3 Å². The Morgan fingerprint density at radius 1 is 1.40 bits per heavy atom. The highest BCUT2D eigenvalue weighted by Crippen LogP contribution is 2.37. The number of rotatable bonds is 0. The van der Waals surface area contributed by atoms with Gasteiger partial charge in [-0.15, -0.1) is 0 Å². The average Bonchev–Trinajstić information content (AvgIpc) is 2.72. The van der Waals surface area contributed by atoms with Crippen LogP contribution in [0.1, 0.15) is 0 Å². The van der Waals surface area contributed by atoms with Gasteiger partial charge in [-0.25, -0.2) is 0 Å². The molecule has 3 aliphatic heterocycles. The summed E-state index contributed by atoms with van der Waals surface area (Å²) in [7, 11) is 1.49. The SMILES string of the molecule is CN1C(=O)C2OC3C=CC=NC3C2C1=O. The molecular formula is C10H10N2O3. The maximum absolute atomic E-state index is 11.8. The number of likely N-dealkylation sites (tertiary alicyclic amines) is 1.